The molecular weight excluding hydrogens is 276 g/mol. The number of halogens is 1. The van der Waals surface area contributed by atoms with Crippen LogP contribution >= 0.6 is 11.6 Å². The van der Waals surface area contributed by atoms with Crippen LogP contribution in [0.1, 0.15) is 44.2 Å². The van der Waals surface area contributed by atoms with Crippen LogP contribution in [-0.4, -0.2) is 14.7 Å². The number of imidazole rings is 1. The van der Waals surface area contributed by atoms with Gasteiger partial charge in [-0.15, -0.1) is 0 Å². The normalized spacial score (nSPS) is 12.7. The van der Waals surface area contributed by atoms with Crippen LogP contribution in [0, 0.1) is 0 Å². The summed E-state index contributed by atoms with van der Waals surface area (Å²) in [5.74, 6) is 0.640. The Hall–Kier alpha value is -1.52. The first kappa shape index (κ1) is 14.9. The van der Waals surface area contributed by atoms with Crippen LogP contribution in [0.4, 0.5) is 0 Å². The summed E-state index contributed by atoms with van der Waals surface area (Å²) >= 11 is 5.95. The molecular formula is C15H19ClN2O2. The predicted octanol–water partition coefficient (Wildman–Crippen LogP) is 3.75. The van der Waals surface area contributed by atoms with Gasteiger partial charge in [0.2, 0.25) is 0 Å². The van der Waals surface area contributed by atoms with Crippen LogP contribution in [0.2, 0.25) is 5.02 Å². The summed E-state index contributed by atoms with van der Waals surface area (Å²) in [6.45, 7) is 6.28. The van der Waals surface area contributed by atoms with E-state index in [4.69, 9.17) is 16.3 Å². The van der Waals surface area contributed by atoms with E-state index in [1.165, 1.54) is 0 Å². The van der Waals surface area contributed by atoms with Crippen molar-refractivity contribution in [3.8, 4) is 5.75 Å². The van der Waals surface area contributed by atoms with Gasteiger partial charge in [0.1, 0.15) is 12.4 Å². The molecule has 0 saturated carbocycles. The van der Waals surface area contributed by atoms with Crippen molar-refractivity contribution in [3.63, 3.8) is 0 Å². The van der Waals surface area contributed by atoms with Gasteiger partial charge < -0.3 is 14.4 Å². The Morgan fingerprint density at radius 2 is 2.10 bits per heavy atom. The molecule has 0 fully saturated rings. The van der Waals surface area contributed by atoms with Crippen LogP contribution < -0.4 is 4.74 Å². The minimum Gasteiger partial charge on any atom is -0.487 e. The molecule has 1 heterocycles. The zero-order chi connectivity index (χ0) is 14.7. The van der Waals surface area contributed by atoms with Crippen molar-refractivity contribution in [1.29, 1.82) is 0 Å². The van der Waals surface area contributed by atoms with Crippen molar-refractivity contribution in [2.24, 2.45) is 0 Å². The summed E-state index contributed by atoms with van der Waals surface area (Å²) in [5, 5.41) is 10.4. The molecule has 1 atom stereocenters. The molecule has 1 N–H and O–H groups in total. The van der Waals surface area contributed by atoms with Crippen LogP contribution in [0.3, 0.4) is 0 Å². The lowest BCUT2D eigenvalue weighted by molar-refractivity contribution is 0.189. The highest BCUT2D eigenvalue weighted by Crippen LogP contribution is 2.29. The minimum absolute atomic E-state index is 0.331. The highest BCUT2D eigenvalue weighted by Gasteiger charge is 2.12. The molecule has 2 rings (SSSR count). The van der Waals surface area contributed by atoms with Crippen molar-refractivity contribution < 1.29 is 9.84 Å². The van der Waals surface area contributed by atoms with Gasteiger partial charge in [0.15, 0.2) is 0 Å². The Morgan fingerprint density at radius 1 is 1.35 bits per heavy atom. The molecule has 2 aromatic rings. The van der Waals surface area contributed by atoms with E-state index < -0.39 is 6.10 Å². The molecule has 0 aliphatic carbocycles. The number of aromatic nitrogens is 2. The van der Waals surface area contributed by atoms with Gasteiger partial charge in [-0.2, -0.15) is 0 Å². The Balaban J connectivity index is 2.17. The van der Waals surface area contributed by atoms with Gasteiger partial charge in [0.25, 0.3) is 0 Å². The summed E-state index contributed by atoms with van der Waals surface area (Å²) in [6, 6.07) is 5.59. The number of hydrogen-bond donors (Lipinski definition) is 1. The summed E-state index contributed by atoms with van der Waals surface area (Å²) in [5.41, 5.74) is 1.68. The average molecular weight is 295 g/mol. The van der Waals surface area contributed by atoms with Gasteiger partial charge in [-0.3, -0.25) is 0 Å². The van der Waals surface area contributed by atoms with Gasteiger partial charge >= 0.3 is 0 Å². The highest BCUT2D eigenvalue weighted by atomic mass is 35.5. The molecule has 0 bridgehead atoms. The van der Waals surface area contributed by atoms with E-state index in [0.717, 1.165) is 5.69 Å². The predicted molar refractivity (Wildman–Crippen MR) is 79.0 cm³/mol. The second-order valence-electron chi connectivity index (χ2n) is 5.03. The second-order valence-corrected chi connectivity index (χ2v) is 5.47. The molecule has 0 aliphatic rings. The van der Waals surface area contributed by atoms with E-state index >= 15 is 0 Å². The molecule has 0 unspecified atom stereocenters. The van der Waals surface area contributed by atoms with E-state index in [0.29, 0.717) is 29.0 Å². The summed E-state index contributed by atoms with van der Waals surface area (Å²) in [4.78, 5) is 4.14. The zero-order valence-electron chi connectivity index (χ0n) is 11.9. The van der Waals surface area contributed by atoms with E-state index in [1.54, 1.807) is 37.6 Å². The van der Waals surface area contributed by atoms with Gasteiger partial charge in [-0.05, 0) is 39.0 Å². The quantitative estimate of drug-likeness (QED) is 0.913. The number of aliphatic hydroxyl groups is 1. The van der Waals surface area contributed by atoms with E-state index in [2.05, 4.69) is 23.4 Å². The Morgan fingerprint density at radius 3 is 2.75 bits per heavy atom. The molecule has 20 heavy (non-hydrogen) atoms. The van der Waals surface area contributed by atoms with Crippen LogP contribution in [0.5, 0.6) is 5.75 Å². The Labute approximate surface area is 124 Å². The number of nitrogens with zero attached hydrogens (tertiary/aromatic N) is 2. The smallest absolute Gasteiger partial charge is 0.130 e. The maximum Gasteiger partial charge on any atom is 0.130 e. The fourth-order valence-electron chi connectivity index (χ4n) is 2.04. The minimum atomic E-state index is -0.626. The Kier molecular flexibility index (Phi) is 4.68. The lowest BCUT2D eigenvalue weighted by Crippen LogP contribution is -2.08. The van der Waals surface area contributed by atoms with Gasteiger partial charge in [-0.25, -0.2) is 4.98 Å². The standard InChI is InChI=1S/C15H19ClN2O2/c1-10(2)18-9-17-7-13(18)8-20-15-5-4-12(16)6-14(15)11(3)19/h4-7,9-11,19H,8H2,1-3H3/t11-/m0/s1. The molecule has 108 valence electrons. The average Bonchev–Trinajstić information content (AvgIpc) is 2.85. The van der Waals surface area contributed by atoms with Gasteiger partial charge in [-0.1, -0.05) is 11.6 Å². The van der Waals surface area contributed by atoms with Crippen LogP contribution in [-0.2, 0) is 6.61 Å². The highest BCUT2D eigenvalue weighted by molar-refractivity contribution is 6.30. The Bertz CT molecular complexity index is 579. The molecule has 0 saturated heterocycles. The van der Waals surface area contributed by atoms with Gasteiger partial charge in [0.05, 0.1) is 24.3 Å². The monoisotopic (exact) mass is 294 g/mol. The molecule has 0 radical (unpaired) electrons. The van der Waals surface area contributed by atoms with Crippen molar-refractivity contribution in [2.75, 3.05) is 0 Å². The molecule has 0 amide bonds. The molecule has 4 nitrogen and oxygen atoms in total. The van der Waals surface area contributed by atoms with E-state index in [-0.39, 0.29) is 0 Å². The molecule has 5 heteroatoms. The summed E-state index contributed by atoms with van der Waals surface area (Å²) in [6.07, 6.45) is 2.96. The first-order valence-electron chi connectivity index (χ1n) is 6.60. The topological polar surface area (TPSA) is 47.3 Å². The number of rotatable bonds is 5. The summed E-state index contributed by atoms with van der Waals surface area (Å²) < 4.78 is 7.86. The third-order valence-corrected chi connectivity index (χ3v) is 3.34. The number of aliphatic hydroxyl groups excluding tert-OH is 1. The third kappa shape index (κ3) is 3.32. The fraction of sp³-hybridized carbons (Fsp3) is 0.400. The number of ether oxygens (including phenoxy) is 1. The molecule has 0 spiro atoms. The van der Waals surface area contributed by atoms with Crippen molar-refractivity contribution in [3.05, 3.63) is 47.0 Å². The first-order valence-corrected chi connectivity index (χ1v) is 6.98. The second kappa shape index (κ2) is 6.29. The lowest BCUT2D eigenvalue weighted by Gasteiger charge is -2.16. The lowest BCUT2D eigenvalue weighted by atomic mass is 10.1. The van der Waals surface area contributed by atoms with Crippen LogP contribution in [0.15, 0.2) is 30.7 Å². The van der Waals surface area contributed by atoms with Crippen molar-refractivity contribution >= 4 is 11.6 Å². The number of hydrogen-bond acceptors (Lipinski definition) is 3. The maximum absolute atomic E-state index is 9.77. The van der Waals surface area contributed by atoms with Crippen molar-refractivity contribution in [1.82, 2.24) is 9.55 Å². The fourth-order valence-corrected chi connectivity index (χ4v) is 2.22. The van der Waals surface area contributed by atoms with E-state index in [1.807, 2.05) is 0 Å². The maximum atomic E-state index is 9.77. The first-order chi connectivity index (χ1) is 9.49. The SMILES string of the molecule is CC(C)n1cncc1COc1ccc(Cl)cc1[C@H](C)O. The third-order valence-electron chi connectivity index (χ3n) is 3.10. The van der Waals surface area contributed by atoms with Gasteiger partial charge in [0, 0.05) is 16.6 Å². The molecule has 1 aromatic carbocycles. The van der Waals surface area contributed by atoms with E-state index in [9.17, 15) is 5.11 Å². The van der Waals surface area contributed by atoms with Crippen LogP contribution in [0.25, 0.3) is 0 Å². The van der Waals surface area contributed by atoms with Crippen molar-refractivity contribution in [2.45, 2.75) is 39.5 Å². The summed E-state index contributed by atoms with van der Waals surface area (Å²) in [7, 11) is 0. The molecule has 0 aliphatic heterocycles. The largest absolute Gasteiger partial charge is 0.487 e. The number of benzene rings is 1. The molecule has 1 aromatic heterocycles. The zero-order valence-corrected chi connectivity index (χ0v) is 12.6.